The summed E-state index contributed by atoms with van der Waals surface area (Å²) in [6.07, 6.45) is 0.989. The second-order valence-corrected chi connectivity index (χ2v) is 10.5. The van der Waals surface area contributed by atoms with Crippen molar-refractivity contribution in [1.29, 1.82) is 0 Å². The smallest absolute Gasteiger partial charge is 0.244 e. The van der Waals surface area contributed by atoms with Crippen molar-refractivity contribution in [3.63, 3.8) is 0 Å². The van der Waals surface area contributed by atoms with Gasteiger partial charge in [-0.3, -0.25) is 13.9 Å². The van der Waals surface area contributed by atoms with Gasteiger partial charge in [0.05, 0.1) is 18.6 Å². The Labute approximate surface area is 207 Å². The Bertz CT molecular complexity index is 1120. The third kappa shape index (κ3) is 7.95. The molecule has 1 unspecified atom stereocenters. The van der Waals surface area contributed by atoms with E-state index in [1.54, 1.807) is 37.3 Å². The van der Waals surface area contributed by atoms with Crippen LogP contribution in [0.4, 0.5) is 10.1 Å². The Balaban J connectivity index is 2.43. The predicted octanol–water partition coefficient (Wildman–Crippen LogP) is 3.18. The van der Waals surface area contributed by atoms with Crippen LogP contribution in [0.5, 0.6) is 5.75 Å². The van der Waals surface area contributed by atoms with Crippen LogP contribution in [0, 0.1) is 11.7 Å². The first-order valence-corrected chi connectivity index (χ1v) is 13.3. The highest BCUT2D eigenvalue weighted by molar-refractivity contribution is 7.92. The SMILES string of the molecule is CCOc1ccccc1N(CC(=O)N(Cc1ccccc1F)C(C)C(=O)NCC(C)C)S(C)(=O)=O. The quantitative estimate of drug-likeness (QED) is 0.476. The summed E-state index contributed by atoms with van der Waals surface area (Å²) in [4.78, 5) is 27.5. The molecular formula is C25H34FN3O5S. The normalized spacial score (nSPS) is 12.2. The fourth-order valence-corrected chi connectivity index (χ4v) is 4.23. The van der Waals surface area contributed by atoms with Crippen molar-refractivity contribution >= 4 is 27.5 Å². The van der Waals surface area contributed by atoms with E-state index in [-0.39, 0.29) is 23.7 Å². The lowest BCUT2D eigenvalue weighted by Gasteiger charge is -2.32. The molecule has 0 aliphatic carbocycles. The fourth-order valence-electron chi connectivity index (χ4n) is 3.38. The fraction of sp³-hybridized carbons (Fsp3) is 0.440. The lowest BCUT2D eigenvalue weighted by Crippen LogP contribution is -2.51. The van der Waals surface area contributed by atoms with Gasteiger partial charge in [0.2, 0.25) is 21.8 Å². The van der Waals surface area contributed by atoms with Gasteiger partial charge in [-0.1, -0.05) is 44.2 Å². The molecule has 2 rings (SSSR count). The summed E-state index contributed by atoms with van der Waals surface area (Å²) in [5.74, 6) is -1.10. The first-order valence-electron chi connectivity index (χ1n) is 11.5. The molecule has 2 amide bonds. The molecule has 0 aliphatic rings. The number of amides is 2. The van der Waals surface area contributed by atoms with Crippen LogP contribution in [0.1, 0.15) is 33.3 Å². The topological polar surface area (TPSA) is 96.0 Å². The van der Waals surface area contributed by atoms with E-state index in [4.69, 9.17) is 4.74 Å². The van der Waals surface area contributed by atoms with Crippen LogP contribution in [0.25, 0.3) is 0 Å². The minimum Gasteiger partial charge on any atom is -0.492 e. The first-order chi connectivity index (χ1) is 16.5. The maximum Gasteiger partial charge on any atom is 0.244 e. The number of carbonyl (C=O) groups excluding carboxylic acids is 2. The number of para-hydroxylation sites is 2. The maximum atomic E-state index is 14.4. The van der Waals surface area contributed by atoms with Crippen LogP contribution in [0.3, 0.4) is 0 Å². The highest BCUT2D eigenvalue weighted by atomic mass is 32.2. The number of halogens is 1. The number of anilines is 1. The minimum atomic E-state index is -3.90. The van der Waals surface area contributed by atoms with E-state index in [0.29, 0.717) is 18.9 Å². The third-order valence-corrected chi connectivity index (χ3v) is 6.39. The largest absolute Gasteiger partial charge is 0.492 e. The maximum absolute atomic E-state index is 14.4. The van der Waals surface area contributed by atoms with Crippen molar-refractivity contribution in [2.24, 2.45) is 5.92 Å². The summed E-state index contributed by atoms with van der Waals surface area (Å²) < 4.78 is 46.3. The lowest BCUT2D eigenvalue weighted by atomic mass is 10.1. The second-order valence-electron chi connectivity index (χ2n) is 8.60. The number of ether oxygens (including phenoxy) is 1. The number of hydrogen-bond donors (Lipinski definition) is 1. The van der Waals surface area contributed by atoms with Gasteiger partial charge in [-0.25, -0.2) is 12.8 Å². The molecule has 0 saturated heterocycles. The zero-order chi connectivity index (χ0) is 26.2. The van der Waals surface area contributed by atoms with Crippen molar-refractivity contribution in [3.05, 3.63) is 59.9 Å². The highest BCUT2D eigenvalue weighted by Gasteiger charge is 2.31. The Morgan fingerprint density at radius 3 is 2.29 bits per heavy atom. The summed E-state index contributed by atoms with van der Waals surface area (Å²) in [7, 11) is -3.90. The minimum absolute atomic E-state index is 0.192. The zero-order valence-electron chi connectivity index (χ0n) is 20.8. The van der Waals surface area contributed by atoms with Crippen molar-refractivity contribution in [2.45, 2.75) is 40.3 Å². The standard InChI is InChI=1S/C25H34FN3O5S/c1-6-34-23-14-10-9-13-22(23)29(35(5,32)33)17-24(30)28(16-20-11-7-8-12-21(20)26)19(4)25(31)27-15-18(2)3/h7-14,18-19H,6,15-17H2,1-5H3,(H,27,31). The molecule has 1 atom stereocenters. The molecule has 192 valence electrons. The van der Waals surface area contributed by atoms with Gasteiger partial charge in [0.15, 0.2) is 0 Å². The van der Waals surface area contributed by atoms with E-state index >= 15 is 0 Å². The number of benzene rings is 2. The highest BCUT2D eigenvalue weighted by Crippen LogP contribution is 2.30. The Morgan fingerprint density at radius 1 is 1.06 bits per heavy atom. The molecule has 2 aromatic carbocycles. The molecule has 0 saturated carbocycles. The average Bonchev–Trinajstić information content (AvgIpc) is 2.80. The number of carbonyl (C=O) groups is 2. The number of rotatable bonds is 12. The Kier molecular flexibility index (Phi) is 10.1. The van der Waals surface area contributed by atoms with Gasteiger partial charge in [-0.15, -0.1) is 0 Å². The summed E-state index contributed by atoms with van der Waals surface area (Å²) in [5.41, 5.74) is 0.415. The second kappa shape index (κ2) is 12.5. The molecule has 1 N–H and O–H groups in total. The van der Waals surface area contributed by atoms with Gasteiger partial charge in [0, 0.05) is 18.7 Å². The number of nitrogens with zero attached hydrogens (tertiary/aromatic N) is 2. The van der Waals surface area contributed by atoms with E-state index in [2.05, 4.69) is 5.32 Å². The van der Waals surface area contributed by atoms with E-state index in [0.717, 1.165) is 10.6 Å². The van der Waals surface area contributed by atoms with Crippen LogP contribution in [-0.4, -0.2) is 57.1 Å². The molecule has 10 heteroatoms. The molecular weight excluding hydrogens is 473 g/mol. The van der Waals surface area contributed by atoms with Crippen molar-refractivity contribution in [2.75, 3.05) is 30.3 Å². The van der Waals surface area contributed by atoms with Gasteiger partial charge in [0.1, 0.15) is 24.2 Å². The Morgan fingerprint density at radius 2 is 1.69 bits per heavy atom. The molecule has 8 nitrogen and oxygen atoms in total. The summed E-state index contributed by atoms with van der Waals surface area (Å²) in [6, 6.07) is 11.5. The van der Waals surface area contributed by atoms with Gasteiger partial charge in [-0.2, -0.15) is 0 Å². The van der Waals surface area contributed by atoms with Gasteiger partial charge in [-0.05, 0) is 38.0 Å². The number of hydrogen-bond acceptors (Lipinski definition) is 5. The molecule has 0 bridgehead atoms. The summed E-state index contributed by atoms with van der Waals surface area (Å²) in [6.45, 7) is 7.09. The first kappa shape index (κ1) is 28.1. The van der Waals surface area contributed by atoms with Crippen LogP contribution >= 0.6 is 0 Å². The molecule has 35 heavy (non-hydrogen) atoms. The molecule has 2 aromatic rings. The van der Waals surface area contributed by atoms with E-state index in [1.165, 1.54) is 30.0 Å². The van der Waals surface area contributed by atoms with Gasteiger partial charge < -0.3 is 15.0 Å². The monoisotopic (exact) mass is 507 g/mol. The van der Waals surface area contributed by atoms with Gasteiger partial charge >= 0.3 is 0 Å². The molecule has 0 aliphatic heterocycles. The zero-order valence-corrected chi connectivity index (χ0v) is 21.6. The van der Waals surface area contributed by atoms with Crippen molar-refractivity contribution in [1.82, 2.24) is 10.2 Å². The van der Waals surface area contributed by atoms with E-state index in [1.807, 2.05) is 13.8 Å². The van der Waals surface area contributed by atoms with Crippen molar-refractivity contribution in [3.8, 4) is 5.75 Å². The Hall–Kier alpha value is -3.14. The van der Waals surface area contributed by atoms with E-state index in [9.17, 15) is 22.4 Å². The van der Waals surface area contributed by atoms with Gasteiger partial charge in [0.25, 0.3) is 0 Å². The number of sulfonamides is 1. The summed E-state index contributed by atoms with van der Waals surface area (Å²) in [5, 5.41) is 2.78. The molecule has 0 heterocycles. The van der Waals surface area contributed by atoms with Crippen LogP contribution in [-0.2, 0) is 26.2 Å². The molecule has 0 aromatic heterocycles. The molecule has 0 fully saturated rings. The molecule has 0 spiro atoms. The summed E-state index contributed by atoms with van der Waals surface area (Å²) >= 11 is 0. The van der Waals surface area contributed by atoms with Crippen LogP contribution < -0.4 is 14.4 Å². The van der Waals surface area contributed by atoms with Crippen LogP contribution in [0.2, 0.25) is 0 Å². The third-order valence-electron chi connectivity index (χ3n) is 5.26. The lowest BCUT2D eigenvalue weighted by molar-refractivity contribution is -0.139. The average molecular weight is 508 g/mol. The molecule has 0 radical (unpaired) electrons. The van der Waals surface area contributed by atoms with Crippen molar-refractivity contribution < 1.29 is 27.1 Å². The number of nitrogens with one attached hydrogen (secondary N) is 1. The van der Waals surface area contributed by atoms with E-state index < -0.39 is 40.2 Å². The predicted molar refractivity (Wildman–Crippen MR) is 134 cm³/mol. The van der Waals surface area contributed by atoms with Crippen LogP contribution in [0.15, 0.2) is 48.5 Å².